The molecule has 2 aliphatic rings. The lowest BCUT2D eigenvalue weighted by Gasteiger charge is -2.32. The third kappa shape index (κ3) is 5.77. The van der Waals surface area contributed by atoms with Crippen molar-refractivity contribution in [3.63, 3.8) is 0 Å². The molecule has 162 valence electrons. The van der Waals surface area contributed by atoms with Crippen molar-refractivity contribution < 1.29 is 13.2 Å². The molecule has 0 unspecified atom stereocenters. The molecule has 10 nitrogen and oxygen atoms in total. The Bertz CT molecular complexity index is 838. The maximum atomic E-state index is 12.1. The summed E-state index contributed by atoms with van der Waals surface area (Å²) in [4.78, 5) is 25.2. The molecule has 3 heterocycles. The Morgan fingerprint density at radius 2 is 1.93 bits per heavy atom. The van der Waals surface area contributed by atoms with E-state index in [0.717, 1.165) is 37.4 Å². The van der Waals surface area contributed by atoms with Crippen LogP contribution in [0.4, 0.5) is 11.8 Å². The Morgan fingerprint density at radius 3 is 2.59 bits per heavy atom. The highest BCUT2D eigenvalue weighted by Crippen LogP contribution is 2.26. The van der Waals surface area contributed by atoms with Crippen molar-refractivity contribution in [1.29, 1.82) is 0 Å². The second-order valence-corrected chi connectivity index (χ2v) is 9.62. The summed E-state index contributed by atoms with van der Waals surface area (Å²) in [5.41, 5.74) is 1.80. The third-order valence-corrected chi connectivity index (χ3v) is 6.54. The average Bonchev–Trinajstić information content (AvgIpc) is 2.66. The maximum Gasteiger partial charge on any atom is 0.227 e. The number of aromatic nitrogens is 2. The molecular formula is C18H31N7O3S. The van der Waals surface area contributed by atoms with E-state index >= 15 is 0 Å². The quantitative estimate of drug-likeness (QED) is 0.536. The van der Waals surface area contributed by atoms with Crippen LogP contribution >= 0.6 is 0 Å². The number of carbonyl (C=O) groups excluding carboxylic acids is 1. The summed E-state index contributed by atoms with van der Waals surface area (Å²) in [6.45, 7) is 9.84. The van der Waals surface area contributed by atoms with Gasteiger partial charge in [0.15, 0.2) is 0 Å². The van der Waals surface area contributed by atoms with Gasteiger partial charge in [-0.15, -0.1) is 0 Å². The van der Waals surface area contributed by atoms with Crippen LogP contribution in [0.3, 0.4) is 0 Å². The molecule has 1 saturated heterocycles. The van der Waals surface area contributed by atoms with Gasteiger partial charge < -0.3 is 20.4 Å². The van der Waals surface area contributed by atoms with Crippen LogP contribution in [-0.4, -0.2) is 80.3 Å². The van der Waals surface area contributed by atoms with E-state index in [2.05, 4.69) is 20.3 Å². The minimum Gasteiger partial charge on any atom is -0.369 e. The van der Waals surface area contributed by atoms with Gasteiger partial charge >= 0.3 is 0 Å². The highest BCUT2D eigenvalue weighted by atomic mass is 32.2. The van der Waals surface area contributed by atoms with Gasteiger partial charge in [0, 0.05) is 64.2 Å². The summed E-state index contributed by atoms with van der Waals surface area (Å²) in [6, 6.07) is -0.143. The van der Waals surface area contributed by atoms with Crippen molar-refractivity contribution in [2.45, 2.75) is 39.8 Å². The molecule has 0 aromatic carbocycles. The highest BCUT2D eigenvalue weighted by molar-refractivity contribution is 7.89. The first-order chi connectivity index (χ1) is 13.7. The van der Waals surface area contributed by atoms with Gasteiger partial charge in [-0.05, 0) is 13.8 Å². The van der Waals surface area contributed by atoms with Crippen molar-refractivity contribution >= 4 is 27.7 Å². The van der Waals surface area contributed by atoms with Crippen LogP contribution in [-0.2, 0) is 27.8 Å². The summed E-state index contributed by atoms with van der Waals surface area (Å²) in [7, 11) is -3.37. The van der Waals surface area contributed by atoms with Crippen LogP contribution in [0.2, 0.25) is 0 Å². The zero-order valence-electron chi connectivity index (χ0n) is 17.4. The summed E-state index contributed by atoms with van der Waals surface area (Å²) in [6.07, 6.45) is 0.665. The van der Waals surface area contributed by atoms with Crippen molar-refractivity contribution in [3.8, 4) is 0 Å². The minimum absolute atomic E-state index is 0.0106. The molecule has 11 heteroatoms. The maximum absolute atomic E-state index is 12.1. The lowest BCUT2D eigenvalue weighted by molar-refractivity contribution is -0.129. The van der Waals surface area contributed by atoms with Crippen LogP contribution < -0.4 is 20.3 Å². The molecule has 1 aromatic rings. The fraction of sp³-hybridized carbons (Fsp3) is 0.722. The van der Waals surface area contributed by atoms with Gasteiger partial charge in [-0.25, -0.2) is 18.1 Å². The average molecular weight is 426 g/mol. The van der Waals surface area contributed by atoms with E-state index < -0.39 is 10.0 Å². The smallest absolute Gasteiger partial charge is 0.227 e. The van der Waals surface area contributed by atoms with E-state index in [4.69, 9.17) is 9.97 Å². The van der Waals surface area contributed by atoms with Crippen LogP contribution in [0.5, 0.6) is 0 Å². The fourth-order valence-corrected chi connectivity index (χ4v) is 4.75. The number of rotatable bonds is 7. The number of hydrogen-bond donors (Lipinski definition) is 3. The number of anilines is 2. The van der Waals surface area contributed by atoms with Crippen molar-refractivity contribution in [2.24, 2.45) is 0 Å². The number of amides is 1. The Morgan fingerprint density at radius 1 is 1.21 bits per heavy atom. The number of hydrogen-bond acceptors (Lipinski definition) is 8. The standard InChI is InChI=1S/C18H31N7O3S/c1-13(2)23-29(27,28)11-7-20-17-15-12-25(14(3)26)8-4-16(15)21-18(22-17)24-9-5-19-6-10-24/h13,19,23H,4-12H2,1-3H3,(H,20,21,22). The molecule has 1 aromatic heterocycles. The molecular weight excluding hydrogens is 394 g/mol. The van der Waals surface area contributed by atoms with E-state index in [1.54, 1.807) is 25.7 Å². The number of carbonyl (C=O) groups is 1. The minimum atomic E-state index is -3.37. The Hall–Kier alpha value is -1.98. The second-order valence-electron chi connectivity index (χ2n) is 7.74. The lowest BCUT2D eigenvalue weighted by Crippen LogP contribution is -2.44. The predicted molar refractivity (Wildman–Crippen MR) is 112 cm³/mol. The lowest BCUT2D eigenvalue weighted by atomic mass is 10.1. The summed E-state index contributed by atoms with van der Waals surface area (Å²) >= 11 is 0. The highest BCUT2D eigenvalue weighted by Gasteiger charge is 2.26. The van der Waals surface area contributed by atoms with Crippen molar-refractivity contribution in [2.75, 3.05) is 55.2 Å². The molecule has 0 radical (unpaired) electrons. The van der Waals surface area contributed by atoms with Crippen LogP contribution in [0.25, 0.3) is 0 Å². The molecule has 1 amide bonds. The van der Waals surface area contributed by atoms with Crippen LogP contribution in [0.15, 0.2) is 0 Å². The van der Waals surface area contributed by atoms with E-state index in [9.17, 15) is 13.2 Å². The monoisotopic (exact) mass is 425 g/mol. The summed E-state index contributed by atoms with van der Waals surface area (Å²) in [5, 5.41) is 6.51. The number of piperazine rings is 1. The first-order valence-corrected chi connectivity index (χ1v) is 11.8. The molecule has 0 bridgehead atoms. The van der Waals surface area contributed by atoms with Gasteiger partial charge in [-0.1, -0.05) is 0 Å². The molecule has 0 atom stereocenters. The normalized spacial score (nSPS) is 17.4. The van der Waals surface area contributed by atoms with Crippen LogP contribution in [0, 0.1) is 0 Å². The number of sulfonamides is 1. The molecule has 0 aliphatic carbocycles. The summed E-state index contributed by atoms with van der Waals surface area (Å²) < 4.78 is 26.8. The van der Waals surface area contributed by atoms with E-state index in [1.807, 2.05) is 0 Å². The van der Waals surface area contributed by atoms with Crippen molar-refractivity contribution in [1.82, 2.24) is 24.9 Å². The zero-order valence-corrected chi connectivity index (χ0v) is 18.2. The molecule has 29 heavy (non-hydrogen) atoms. The Kier molecular flexibility index (Phi) is 6.91. The fourth-order valence-electron chi connectivity index (χ4n) is 3.54. The SMILES string of the molecule is CC(=O)N1CCc2nc(N3CCNCC3)nc(NCCS(=O)(=O)NC(C)C)c2C1. The summed E-state index contributed by atoms with van der Waals surface area (Å²) in [5.74, 6) is 1.24. The molecule has 3 N–H and O–H groups in total. The van der Waals surface area contributed by atoms with Gasteiger partial charge in [0.05, 0.1) is 18.0 Å². The second kappa shape index (κ2) is 9.23. The Balaban J connectivity index is 1.81. The van der Waals surface area contributed by atoms with Gasteiger partial charge in [0.1, 0.15) is 5.82 Å². The number of fused-ring (bicyclic) bond motifs is 1. The van der Waals surface area contributed by atoms with E-state index in [0.29, 0.717) is 31.3 Å². The van der Waals surface area contributed by atoms with Crippen molar-refractivity contribution in [3.05, 3.63) is 11.3 Å². The van der Waals surface area contributed by atoms with Gasteiger partial charge in [-0.2, -0.15) is 4.98 Å². The van der Waals surface area contributed by atoms with Gasteiger partial charge in [0.25, 0.3) is 0 Å². The van der Waals surface area contributed by atoms with E-state index in [-0.39, 0.29) is 24.2 Å². The first-order valence-electron chi connectivity index (χ1n) is 10.1. The topological polar surface area (TPSA) is 120 Å². The molecule has 0 spiro atoms. The van der Waals surface area contributed by atoms with Gasteiger partial charge in [0.2, 0.25) is 21.9 Å². The molecule has 2 aliphatic heterocycles. The number of nitrogens with zero attached hydrogens (tertiary/aromatic N) is 4. The van der Waals surface area contributed by atoms with E-state index in [1.165, 1.54) is 0 Å². The molecule has 3 rings (SSSR count). The number of nitrogens with one attached hydrogen (secondary N) is 3. The Labute approximate surface area is 172 Å². The third-order valence-electron chi connectivity index (χ3n) is 4.97. The molecule has 0 saturated carbocycles. The van der Waals surface area contributed by atoms with Gasteiger partial charge in [-0.3, -0.25) is 4.79 Å². The molecule has 1 fully saturated rings. The first kappa shape index (κ1) is 21.7. The zero-order chi connectivity index (χ0) is 21.0. The largest absolute Gasteiger partial charge is 0.369 e. The van der Waals surface area contributed by atoms with Crippen LogP contribution in [0.1, 0.15) is 32.0 Å². The predicted octanol–water partition coefficient (Wildman–Crippen LogP) is -0.469.